The lowest BCUT2D eigenvalue weighted by atomic mass is 10.1. The van der Waals surface area contributed by atoms with Crippen LogP contribution in [0.5, 0.6) is 0 Å². The Hall–Kier alpha value is -1.39. The average Bonchev–Trinajstić information content (AvgIpc) is 2.13. The van der Waals surface area contributed by atoms with Gasteiger partial charge in [0, 0.05) is 13.3 Å². The zero-order valence-electron chi connectivity index (χ0n) is 8.62. The van der Waals surface area contributed by atoms with E-state index in [1.165, 1.54) is 6.92 Å². The molecule has 1 amide bonds. The molecular formula is C9H15NO4. The van der Waals surface area contributed by atoms with E-state index in [9.17, 15) is 14.4 Å². The van der Waals surface area contributed by atoms with Crippen molar-refractivity contribution in [1.29, 1.82) is 0 Å². The molecule has 0 radical (unpaired) electrons. The zero-order valence-corrected chi connectivity index (χ0v) is 8.62. The van der Waals surface area contributed by atoms with Gasteiger partial charge >= 0.3 is 5.97 Å². The van der Waals surface area contributed by atoms with Crippen LogP contribution in [0.2, 0.25) is 0 Å². The molecule has 0 fully saturated rings. The first kappa shape index (κ1) is 12.6. The van der Waals surface area contributed by atoms with E-state index in [0.717, 1.165) is 0 Å². The van der Waals surface area contributed by atoms with Gasteiger partial charge in [-0.15, -0.1) is 0 Å². The predicted octanol–water partition coefficient (Wildman–Crippen LogP) is 0.0333. The first-order valence-corrected chi connectivity index (χ1v) is 4.49. The van der Waals surface area contributed by atoms with Crippen molar-refractivity contribution in [1.82, 2.24) is 5.32 Å². The highest BCUT2D eigenvalue weighted by molar-refractivity contribution is 6.05. The predicted molar refractivity (Wildman–Crippen MR) is 49.5 cm³/mol. The number of carbonyl (C=O) groups is 3. The van der Waals surface area contributed by atoms with E-state index in [1.807, 2.05) is 0 Å². The highest BCUT2D eigenvalue weighted by Crippen LogP contribution is 1.95. The standard InChI is InChI=1S/C9H15NO4/c1-4-7(12)8(10-6(3)11)9(13)14-5-2/h8H,4-5H2,1-3H3,(H,10,11)/t8-/m0/s1. The molecule has 1 atom stereocenters. The van der Waals surface area contributed by atoms with Gasteiger partial charge in [-0.3, -0.25) is 9.59 Å². The highest BCUT2D eigenvalue weighted by atomic mass is 16.5. The third-order valence-corrected chi connectivity index (χ3v) is 1.54. The molecule has 80 valence electrons. The van der Waals surface area contributed by atoms with E-state index < -0.39 is 17.9 Å². The summed E-state index contributed by atoms with van der Waals surface area (Å²) in [5.41, 5.74) is 0. The van der Waals surface area contributed by atoms with Gasteiger partial charge in [-0.05, 0) is 6.92 Å². The van der Waals surface area contributed by atoms with Crippen LogP contribution in [0, 0.1) is 0 Å². The van der Waals surface area contributed by atoms with Crippen LogP contribution in [0.15, 0.2) is 0 Å². The van der Waals surface area contributed by atoms with Crippen molar-refractivity contribution >= 4 is 17.7 Å². The molecule has 0 aromatic carbocycles. The first-order valence-electron chi connectivity index (χ1n) is 4.49. The molecule has 5 heteroatoms. The van der Waals surface area contributed by atoms with E-state index in [0.29, 0.717) is 0 Å². The van der Waals surface area contributed by atoms with Crippen molar-refractivity contribution in [2.75, 3.05) is 6.61 Å². The topological polar surface area (TPSA) is 72.5 Å². The molecule has 0 saturated heterocycles. The lowest BCUT2D eigenvalue weighted by Gasteiger charge is -2.13. The molecule has 0 unspecified atom stereocenters. The lowest BCUT2D eigenvalue weighted by molar-refractivity contribution is -0.150. The largest absolute Gasteiger partial charge is 0.464 e. The molecular weight excluding hydrogens is 186 g/mol. The Balaban J connectivity index is 4.45. The summed E-state index contributed by atoms with van der Waals surface area (Å²) in [5, 5.41) is 2.25. The summed E-state index contributed by atoms with van der Waals surface area (Å²) in [5.74, 6) is -1.47. The van der Waals surface area contributed by atoms with Gasteiger partial charge in [-0.25, -0.2) is 4.79 Å². The third-order valence-electron chi connectivity index (χ3n) is 1.54. The van der Waals surface area contributed by atoms with Gasteiger partial charge in [0.15, 0.2) is 11.8 Å². The number of ether oxygens (including phenoxy) is 1. The molecule has 0 aliphatic carbocycles. The van der Waals surface area contributed by atoms with Crippen molar-refractivity contribution in [2.24, 2.45) is 0 Å². The SMILES string of the molecule is CCOC(=O)[C@@H](NC(C)=O)C(=O)CC. The lowest BCUT2D eigenvalue weighted by Crippen LogP contribution is -2.46. The van der Waals surface area contributed by atoms with E-state index >= 15 is 0 Å². The van der Waals surface area contributed by atoms with Crippen molar-refractivity contribution in [3.05, 3.63) is 0 Å². The number of Topliss-reactive ketones (excluding diaryl/α,β-unsaturated/α-hetero) is 1. The van der Waals surface area contributed by atoms with Gasteiger partial charge in [0.25, 0.3) is 0 Å². The smallest absolute Gasteiger partial charge is 0.336 e. The number of carbonyl (C=O) groups excluding carboxylic acids is 3. The van der Waals surface area contributed by atoms with Crippen molar-refractivity contribution in [3.8, 4) is 0 Å². The van der Waals surface area contributed by atoms with Crippen LogP contribution in [0.1, 0.15) is 27.2 Å². The molecule has 0 aliphatic rings. The number of nitrogens with one attached hydrogen (secondary N) is 1. The molecule has 0 spiro atoms. The van der Waals surface area contributed by atoms with Crippen LogP contribution in [-0.2, 0) is 19.1 Å². The molecule has 14 heavy (non-hydrogen) atoms. The Morgan fingerprint density at radius 1 is 1.29 bits per heavy atom. The minimum Gasteiger partial charge on any atom is -0.464 e. The molecule has 5 nitrogen and oxygen atoms in total. The Kier molecular flexibility index (Phi) is 5.52. The Bertz CT molecular complexity index is 237. The van der Waals surface area contributed by atoms with Gasteiger partial charge in [0.05, 0.1) is 6.61 Å². The second kappa shape index (κ2) is 6.12. The Morgan fingerprint density at radius 3 is 2.21 bits per heavy atom. The molecule has 0 bridgehead atoms. The van der Waals surface area contributed by atoms with Gasteiger partial charge < -0.3 is 10.1 Å². The molecule has 0 rings (SSSR count). The normalized spacial score (nSPS) is 11.6. The maximum absolute atomic E-state index is 11.2. The van der Waals surface area contributed by atoms with Gasteiger partial charge in [0.1, 0.15) is 0 Å². The second-order valence-electron chi connectivity index (χ2n) is 2.71. The number of hydrogen-bond acceptors (Lipinski definition) is 4. The zero-order chi connectivity index (χ0) is 11.1. The van der Waals surface area contributed by atoms with Crippen LogP contribution < -0.4 is 5.32 Å². The van der Waals surface area contributed by atoms with E-state index in [1.54, 1.807) is 13.8 Å². The van der Waals surface area contributed by atoms with Crippen LogP contribution in [0.25, 0.3) is 0 Å². The van der Waals surface area contributed by atoms with Crippen molar-refractivity contribution in [2.45, 2.75) is 33.2 Å². The van der Waals surface area contributed by atoms with Crippen molar-refractivity contribution in [3.63, 3.8) is 0 Å². The number of amides is 1. The quantitative estimate of drug-likeness (QED) is 0.503. The molecule has 0 saturated carbocycles. The van der Waals surface area contributed by atoms with Gasteiger partial charge in [-0.2, -0.15) is 0 Å². The molecule has 0 aromatic rings. The minimum atomic E-state index is -1.16. The van der Waals surface area contributed by atoms with Crippen molar-refractivity contribution < 1.29 is 19.1 Å². The fraction of sp³-hybridized carbons (Fsp3) is 0.667. The Morgan fingerprint density at radius 2 is 1.86 bits per heavy atom. The Labute approximate surface area is 82.8 Å². The maximum atomic E-state index is 11.2. The van der Waals surface area contributed by atoms with Crippen LogP contribution in [0.4, 0.5) is 0 Å². The fourth-order valence-electron chi connectivity index (χ4n) is 0.904. The van der Waals surface area contributed by atoms with Gasteiger partial charge in [0.2, 0.25) is 5.91 Å². The summed E-state index contributed by atoms with van der Waals surface area (Å²) in [7, 11) is 0. The van der Waals surface area contributed by atoms with Crippen LogP contribution >= 0.6 is 0 Å². The molecule has 0 heterocycles. The minimum absolute atomic E-state index is 0.184. The summed E-state index contributed by atoms with van der Waals surface area (Å²) >= 11 is 0. The summed E-state index contributed by atoms with van der Waals surface area (Å²) in [6.45, 7) is 4.69. The van der Waals surface area contributed by atoms with Crippen LogP contribution in [0.3, 0.4) is 0 Å². The maximum Gasteiger partial charge on any atom is 0.336 e. The summed E-state index contributed by atoms with van der Waals surface area (Å²) < 4.78 is 4.65. The van der Waals surface area contributed by atoms with E-state index in [-0.39, 0.29) is 18.8 Å². The number of rotatable bonds is 5. The monoisotopic (exact) mass is 201 g/mol. The summed E-state index contributed by atoms with van der Waals surface area (Å²) in [6.07, 6.45) is 0.184. The average molecular weight is 201 g/mol. The third kappa shape index (κ3) is 4.02. The molecule has 1 N–H and O–H groups in total. The van der Waals surface area contributed by atoms with E-state index in [4.69, 9.17) is 0 Å². The fourth-order valence-corrected chi connectivity index (χ4v) is 0.904. The second-order valence-corrected chi connectivity index (χ2v) is 2.71. The number of hydrogen-bond donors (Lipinski definition) is 1. The van der Waals surface area contributed by atoms with Crippen LogP contribution in [-0.4, -0.2) is 30.3 Å². The summed E-state index contributed by atoms with van der Waals surface area (Å²) in [4.78, 5) is 33.2. The van der Waals surface area contributed by atoms with Gasteiger partial charge in [-0.1, -0.05) is 6.92 Å². The number of esters is 1. The molecule has 0 aromatic heterocycles. The number of ketones is 1. The highest BCUT2D eigenvalue weighted by Gasteiger charge is 2.26. The molecule has 0 aliphatic heterocycles. The van der Waals surface area contributed by atoms with E-state index in [2.05, 4.69) is 10.1 Å². The summed E-state index contributed by atoms with van der Waals surface area (Å²) in [6, 6.07) is -1.16. The first-order chi connectivity index (χ1) is 6.52.